The second-order valence-corrected chi connectivity index (χ2v) is 6.15. The van der Waals surface area contributed by atoms with Crippen LogP contribution in [-0.2, 0) is 16.0 Å². The Morgan fingerprint density at radius 3 is 2.83 bits per heavy atom. The molecule has 1 fully saturated rings. The molecule has 1 atom stereocenters. The molecule has 6 nitrogen and oxygen atoms in total. The van der Waals surface area contributed by atoms with Gasteiger partial charge in [-0.25, -0.2) is 4.68 Å². The first-order valence-electron chi connectivity index (χ1n) is 8.44. The van der Waals surface area contributed by atoms with Gasteiger partial charge in [-0.2, -0.15) is 5.10 Å². The standard InChI is InChI=1S/C18H24N4O2/c19-17(15-7-10-24-11-8-15)18(23)20-9-6-14-12-21-22(13-14)16-4-2-1-3-5-16/h1-5,12-13,15,17H,6-11,19H2,(H,20,23). The molecule has 0 bridgehead atoms. The Balaban J connectivity index is 1.46. The number of amides is 1. The van der Waals surface area contributed by atoms with Crippen molar-refractivity contribution in [1.82, 2.24) is 15.1 Å². The molecule has 1 saturated heterocycles. The molecule has 3 rings (SSSR count). The maximum Gasteiger partial charge on any atom is 0.237 e. The van der Waals surface area contributed by atoms with E-state index in [4.69, 9.17) is 10.5 Å². The Morgan fingerprint density at radius 1 is 1.33 bits per heavy atom. The van der Waals surface area contributed by atoms with Crippen LogP contribution in [0, 0.1) is 5.92 Å². The molecule has 1 amide bonds. The van der Waals surface area contributed by atoms with E-state index in [1.54, 1.807) is 0 Å². The molecule has 0 spiro atoms. The van der Waals surface area contributed by atoms with Crippen molar-refractivity contribution in [3.63, 3.8) is 0 Å². The van der Waals surface area contributed by atoms with Gasteiger partial charge in [0.2, 0.25) is 5.91 Å². The Morgan fingerprint density at radius 2 is 2.08 bits per heavy atom. The van der Waals surface area contributed by atoms with Gasteiger partial charge in [0.15, 0.2) is 0 Å². The zero-order valence-electron chi connectivity index (χ0n) is 13.7. The number of nitrogens with zero attached hydrogens (tertiary/aromatic N) is 2. The lowest BCUT2D eigenvalue weighted by atomic mass is 9.92. The van der Waals surface area contributed by atoms with Crippen LogP contribution in [0.4, 0.5) is 0 Å². The largest absolute Gasteiger partial charge is 0.381 e. The molecule has 3 N–H and O–H groups in total. The number of ether oxygens (including phenoxy) is 1. The van der Waals surface area contributed by atoms with Crippen LogP contribution in [0.5, 0.6) is 0 Å². The van der Waals surface area contributed by atoms with Crippen molar-refractivity contribution in [3.8, 4) is 5.69 Å². The van der Waals surface area contributed by atoms with Gasteiger partial charge in [0, 0.05) is 26.0 Å². The number of carbonyl (C=O) groups excluding carboxylic acids is 1. The molecule has 1 aliphatic heterocycles. The Kier molecular flexibility index (Phi) is 5.61. The summed E-state index contributed by atoms with van der Waals surface area (Å²) in [5.41, 5.74) is 8.17. The molecule has 1 aromatic carbocycles. The molecule has 1 aliphatic rings. The number of nitrogens with one attached hydrogen (secondary N) is 1. The highest BCUT2D eigenvalue weighted by Crippen LogP contribution is 2.17. The first kappa shape index (κ1) is 16.7. The van der Waals surface area contributed by atoms with Gasteiger partial charge in [0.25, 0.3) is 0 Å². The molecule has 0 saturated carbocycles. The zero-order valence-corrected chi connectivity index (χ0v) is 13.7. The van der Waals surface area contributed by atoms with Gasteiger partial charge in [-0.3, -0.25) is 4.79 Å². The molecule has 0 aliphatic carbocycles. The van der Waals surface area contributed by atoms with Crippen molar-refractivity contribution in [2.45, 2.75) is 25.3 Å². The molecule has 128 valence electrons. The number of rotatable bonds is 6. The normalized spacial score (nSPS) is 16.7. The van der Waals surface area contributed by atoms with E-state index in [0.717, 1.165) is 30.5 Å². The summed E-state index contributed by atoms with van der Waals surface area (Å²) in [5.74, 6) is 0.150. The number of hydrogen-bond acceptors (Lipinski definition) is 4. The van der Waals surface area contributed by atoms with Gasteiger partial charge in [0.05, 0.1) is 17.9 Å². The third-order valence-electron chi connectivity index (χ3n) is 4.45. The molecule has 6 heteroatoms. The average Bonchev–Trinajstić information content (AvgIpc) is 3.11. The summed E-state index contributed by atoms with van der Waals surface area (Å²) in [5, 5.41) is 7.29. The van der Waals surface area contributed by atoms with Crippen LogP contribution < -0.4 is 11.1 Å². The zero-order chi connectivity index (χ0) is 16.8. The lowest BCUT2D eigenvalue weighted by Crippen LogP contribution is -2.47. The second-order valence-electron chi connectivity index (χ2n) is 6.15. The van der Waals surface area contributed by atoms with Crippen LogP contribution in [0.2, 0.25) is 0 Å². The smallest absolute Gasteiger partial charge is 0.237 e. The summed E-state index contributed by atoms with van der Waals surface area (Å²) >= 11 is 0. The van der Waals surface area contributed by atoms with Crippen molar-refractivity contribution in [1.29, 1.82) is 0 Å². The van der Waals surface area contributed by atoms with Crippen LogP contribution in [0.25, 0.3) is 5.69 Å². The van der Waals surface area contributed by atoms with Gasteiger partial charge >= 0.3 is 0 Å². The molecule has 2 heterocycles. The molecular formula is C18H24N4O2. The van der Waals surface area contributed by atoms with Gasteiger partial charge in [-0.05, 0) is 42.9 Å². The fraction of sp³-hybridized carbons (Fsp3) is 0.444. The monoisotopic (exact) mass is 328 g/mol. The molecule has 24 heavy (non-hydrogen) atoms. The molecule has 0 radical (unpaired) electrons. The van der Waals surface area contributed by atoms with E-state index in [2.05, 4.69) is 10.4 Å². The highest BCUT2D eigenvalue weighted by Gasteiger charge is 2.26. The third-order valence-corrected chi connectivity index (χ3v) is 4.45. The fourth-order valence-corrected chi connectivity index (χ4v) is 2.95. The minimum absolute atomic E-state index is 0.0719. The van der Waals surface area contributed by atoms with Crippen molar-refractivity contribution in [3.05, 3.63) is 48.3 Å². The van der Waals surface area contributed by atoms with Crippen molar-refractivity contribution < 1.29 is 9.53 Å². The van der Waals surface area contributed by atoms with E-state index in [0.29, 0.717) is 19.8 Å². The van der Waals surface area contributed by atoms with E-state index in [9.17, 15) is 4.79 Å². The predicted molar refractivity (Wildman–Crippen MR) is 91.8 cm³/mol. The van der Waals surface area contributed by atoms with E-state index < -0.39 is 6.04 Å². The molecule has 1 unspecified atom stereocenters. The molecule has 2 aromatic rings. The minimum Gasteiger partial charge on any atom is -0.381 e. The van der Waals surface area contributed by atoms with Crippen molar-refractivity contribution >= 4 is 5.91 Å². The fourth-order valence-electron chi connectivity index (χ4n) is 2.95. The maximum atomic E-state index is 12.2. The van der Waals surface area contributed by atoms with Crippen LogP contribution in [0.3, 0.4) is 0 Å². The van der Waals surface area contributed by atoms with E-state index in [1.165, 1.54) is 0 Å². The Bertz CT molecular complexity index is 650. The summed E-state index contributed by atoms with van der Waals surface area (Å²) in [6, 6.07) is 9.51. The van der Waals surface area contributed by atoms with E-state index in [-0.39, 0.29) is 11.8 Å². The van der Waals surface area contributed by atoms with Gasteiger partial charge < -0.3 is 15.8 Å². The third kappa shape index (κ3) is 4.21. The summed E-state index contributed by atoms with van der Waals surface area (Å²) in [4.78, 5) is 12.2. The number of carbonyl (C=O) groups is 1. The van der Waals surface area contributed by atoms with E-state index >= 15 is 0 Å². The Labute approximate surface area is 142 Å². The summed E-state index contributed by atoms with van der Waals surface area (Å²) in [6.07, 6.45) is 6.27. The van der Waals surface area contributed by atoms with Gasteiger partial charge in [-0.1, -0.05) is 18.2 Å². The van der Waals surface area contributed by atoms with Crippen molar-refractivity contribution in [2.24, 2.45) is 11.7 Å². The number of para-hydroxylation sites is 1. The van der Waals surface area contributed by atoms with E-state index in [1.807, 2.05) is 47.4 Å². The molecule has 1 aromatic heterocycles. The second kappa shape index (κ2) is 8.08. The Hall–Kier alpha value is -2.18. The van der Waals surface area contributed by atoms with Gasteiger partial charge in [0.1, 0.15) is 0 Å². The highest BCUT2D eigenvalue weighted by atomic mass is 16.5. The first-order chi connectivity index (χ1) is 11.7. The highest BCUT2D eigenvalue weighted by molar-refractivity contribution is 5.81. The minimum atomic E-state index is -0.444. The summed E-state index contributed by atoms with van der Waals surface area (Å²) in [7, 11) is 0. The number of nitrogens with two attached hydrogens (primary N) is 1. The summed E-state index contributed by atoms with van der Waals surface area (Å²) in [6.45, 7) is 1.96. The number of aromatic nitrogens is 2. The quantitative estimate of drug-likeness (QED) is 0.837. The SMILES string of the molecule is NC(C(=O)NCCc1cnn(-c2ccccc2)c1)C1CCOCC1. The number of hydrogen-bond donors (Lipinski definition) is 2. The summed E-state index contributed by atoms with van der Waals surface area (Å²) < 4.78 is 7.15. The molecular weight excluding hydrogens is 304 g/mol. The topological polar surface area (TPSA) is 82.2 Å². The van der Waals surface area contributed by atoms with Crippen LogP contribution in [0.15, 0.2) is 42.7 Å². The predicted octanol–water partition coefficient (Wildman–Crippen LogP) is 1.28. The van der Waals surface area contributed by atoms with Crippen LogP contribution in [0.1, 0.15) is 18.4 Å². The van der Waals surface area contributed by atoms with Crippen molar-refractivity contribution in [2.75, 3.05) is 19.8 Å². The number of benzene rings is 1. The van der Waals surface area contributed by atoms with Crippen LogP contribution >= 0.6 is 0 Å². The van der Waals surface area contributed by atoms with Crippen LogP contribution in [-0.4, -0.2) is 41.5 Å². The average molecular weight is 328 g/mol. The van der Waals surface area contributed by atoms with Gasteiger partial charge in [-0.15, -0.1) is 0 Å². The lowest BCUT2D eigenvalue weighted by Gasteiger charge is -2.26. The maximum absolute atomic E-state index is 12.2. The lowest BCUT2D eigenvalue weighted by molar-refractivity contribution is -0.124. The first-order valence-corrected chi connectivity index (χ1v) is 8.44.